The zero-order chi connectivity index (χ0) is 13.2. The Hall–Kier alpha value is -1.76. The lowest BCUT2D eigenvalue weighted by Gasteiger charge is -2.32. The van der Waals surface area contributed by atoms with Crippen LogP contribution >= 0.6 is 0 Å². The van der Waals surface area contributed by atoms with Gasteiger partial charge in [0.25, 0.3) is 0 Å². The van der Waals surface area contributed by atoms with Crippen molar-refractivity contribution in [2.45, 2.75) is 19.9 Å². The van der Waals surface area contributed by atoms with Crippen molar-refractivity contribution >= 4 is 17.0 Å². The molecule has 0 radical (unpaired) electrons. The summed E-state index contributed by atoms with van der Waals surface area (Å²) in [5.41, 5.74) is 1.66. The van der Waals surface area contributed by atoms with Gasteiger partial charge in [0.05, 0.1) is 0 Å². The summed E-state index contributed by atoms with van der Waals surface area (Å²) >= 11 is 0. The molecule has 3 rings (SSSR count). The van der Waals surface area contributed by atoms with E-state index in [1.807, 2.05) is 4.68 Å². The number of hydrogen-bond acceptors (Lipinski definition) is 6. The molecule has 0 unspecified atom stereocenters. The third kappa shape index (κ3) is 2.25. The number of likely N-dealkylation sites (N-methyl/N-ethyl adjacent to an activating group) is 1. The van der Waals surface area contributed by atoms with Gasteiger partial charge in [-0.25, -0.2) is 14.6 Å². The van der Waals surface area contributed by atoms with Gasteiger partial charge in [-0.1, -0.05) is 12.1 Å². The molecule has 19 heavy (non-hydrogen) atoms. The Labute approximate surface area is 112 Å². The maximum absolute atomic E-state index is 4.41. The summed E-state index contributed by atoms with van der Waals surface area (Å²) in [5.74, 6) is 0.917. The number of nitrogens with zero attached hydrogens (tertiary/aromatic N) is 7. The van der Waals surface area contributed by atoms with Crippen LogP contribution in [0.15, 0.2) is 6.33 Å². The summed E-state index contributed by atoms with van der Waals surface area (Å²) in [6.45, 7) is 7.02. The Bertz CT molecular complexity index is 556. The van der Waals surface area contributed by atoms with E-state index in [4.69, 9.17) is 0 Å². The Kier molecular flexibility index (Phi) is 3.29. The van der Waals surface area contributed by atoms with Crippen LogP contribution in [-0.2, 0) is 6.54 Å². The van der Waals surface area contributed by atoms with Crippen molar-refractivity contribution in [1.82, 2.24) is 29.9 Å². The third-order valence-corrected chi connectivity index (χ3v) is 3.52. The van der Waals surface area contributed by atoms with E-state index in [1.54, 1.807) is 6.33 Å². The predicted octanol–water partition coefficient (Wildman–Crippen LogP) is 0.383. The predicted molar refractivity (Wildman–Crippen MR) is 73.1 cm³/mol. The van der Waals surface area contributed by atoms with E-state index in [1.165, 1.54) is 0 Å². The highest BCUT2D eigenvalue weighted by Crippen LogP contribution is 2.21. The molecule has 1 aliphatic heterocycles. The molecule has 2 aromatic rings. The lowest BCUT2D eigenvalue weighted by atomic mass is 10.3. The fraction of sp³-hybridized carbons (Fsp3) is 0.667. The van der Waals surface area contributed by atoms with Gasteiger partial charge in [0.1, 0.15) is 6.33 Å². The zero-order valence-electron chi connectivity index (χ0n) is 11.5. The van der Waals surface area contributed by atoms with Gasteiger partial charge in [-0.3, -0.25) is 0 Å². The second kappa shape index (κ2) is 5.08. The second-order valence-corrected chi connectivity index (χ2v) is 4.97. The quantitative estimate of drug-likeness (QED) is 0.796. The maximum atomic E-state index is 4.41. The van der Waals surface area contributed by atoms with Gasteiger partial charge in [-0.05, 0) is 13.5 Å². The molecule has 0 saturated carbocycles. The van der Waals surface area contributed by atoms with E-state index in [2.05, 4.69) is 44.1 Å². The summed E-state index contributed by atoms with van der Waals surface area (Å²) in [6, 6.07) is 0. The molecule has 2 aromatic heterocycles. The third-order valence-electron chi connectivity index (χ3n) is 3.52. The average Bonchev–Trinajstić information content (AvgIpc) is 2.84. The van der Waals surface area contributed by atoms with E-state index in [9.17, 15) is 0 Å². The summed E-state index contributed by atoms with van der Waals surface area (Å²) in [5, 5.41) is 8.45. The molecule has 0 atom stereocenters. The fourth-order valence-electron chi connectivity index (χ4n) is 2.39. The molecular weight excluding hydrogens is 242 g/mol. The highest BCUT2D eigenvalue weighted by molar-refractivity contribution is 5.82. The second-order valence-electron chi connectivity index (χ2n) is 4.97. The standard InChI is InChI=1S/C12H19N7/c1-3-4-19-12-10(15-16-19)11(13-9-14-12)18-7-5-17(2)6-8-18/h9H,3-8H2,1-2H3. The fourth-order valence-corrected chi connectivity index (χ4v) is 2.39. The molecule has 0 aliphatic carbocycles. The number of aryl methyl sites for hydroxylation is 1. The molecule has 7 nitrogen and oxygen atoms in total. The topological polar surface area (TPSA) is 63.0 Å². The molecule has 1 aliphatic rings. The smallest absolute Gasteiger partial charge is 0.183 e. The molecule has 0 spiro atoms. The normalized spacial score (nSPS) is 17.3. The zero-order valence-corrected chi connectivity index (χ0v) is 11.5. The molecule has 1 saturated heterocycles. The van der Waals surface area contributed by atoms with Gasteiger partial charge < -0.3 is 9.80 Å². The minimum absolute atomic E-state index is 0.820. The van der Waals surface area contributed by atoms with Crippen LogP contribution in [0.5, 0.6) is 0 Å². The number of anilines is 1. The van der Waals surface area contributed by atoms with Crippen LogP contribution in [0.2, 0.25) is 0 Å². The molecule has 0 amide bonds. The summed E-state index contributed by atoms with van der Waals surface area (Å²) < 4.78 is 1.86. The van der Waals surface area contributed by atoms with Crippen molar-refractivity contribution in [3.8, 4) is 0 Å². The van der Waals surface area contributed by atoms with Crippen LogP contribution in [0.4, 0.5) is 5.82 Å². The Balaban J connectivity index is 1.95. The Morgan fingerprint density at radius 2 is 1.95 bits per heavy atom. The summed E-state index contributed by atoms with van der Waals surface area (Å²) in [6.07, 6.45) is 2.64. The van der Waals surface area contributed by atoms with Crippen LogP contribution in [-0.4, -0.2) is 63.1 Å². The van der Waals surface area contributed by atoms with Crippen molar-refractivity contribution < 1.29 is 0 Å². The number of piperazine rings is 1. The highest BCUT2D eigenvalue weighted by Gasteiger charge is 2.20. The van der Waals surface area contributed by atoms with Gasteiger partial charge in [0.15, 0.2) is 17.0 Å². The van der Waals surface area contributed by atoms with Gasteiger partial charge in [-0.2, -0.15) is 0 Å². The minimum Gasteiger partial charge on any atom is -0.352 e. The van der Waals surface area contributed by atoms with Crippen molar-refractivity contribution in [2.75, 3.05) is 38.1 Å². The first kappa shape index (κ1) is 12.3. The first-order chi connectivity index (χ1) is 9.29. The van der Waals surface area contributed by atoms with Crippen LogP contribution < -0.4 is 4.90 Å². The van der Waals surface area contributed by atoms with Gasteiger partial charge in [0, 0.05) is 32.7 Å². The first-order valence-corrected chi connectivity index (χ1v) is 6.77. The molecule has 7 heteroatoms. The Morgan fingerprint density at radius 1 is 1.16 bits per heavy atom. The molecule has 102 valence electrons. The number of aromatic nitrogens is 5. The largest absolute Gasteiger partial charge is 0.352 e. The van der Waals surface area contributed by atoms with Crippen molar-refractivity contribution in [3.05, 3.63) is 6.33 Å². The van der Waals surface area contributed by atoms with E-state index in [0.717, 1.165) is 56.1 Å². The summed E-state index contributed by atoms with van der Waals surface area (Å²) in [7, 11) is 2.14. The molecule has 3 heterocycles. The first-order valence-electron chi connectivity index (χ1n) is 6.77. The van der Waals surface area contributed by atoms with Gasteiger partial charge in [-0.15, -0.1) is 5.10 Å². The van der Waals surface area contributed by atoms with Gasteiger partial charge >= 0.3 is 0 Å². The van der Waals surface area contributed by atoms with Crippen LogP contribution in [0.25, 0.3) is 11.2 Å². The van der Waals surface area contributed by atoms with Crippen LogP contribution in [0.1, 0.15) is 13.3 Å². The molecule has 0 aromatic carbocycles. The van der Waals surface area contributed by atoms with Crippen molar-refractivity contribution in [3.63, 3.8) is 0 Å². The van der Waals surface area contributed by atoms with Crippen LogP contribution in [0, 0.1) is 0 Å². The lowest BCUT2D eigenvalue weighted by molar-refractivity contribution is 0.312. The van der Waals surface area contributed by atoms with Crippen LogP contribution in [0.3, 0.4) is 0 Å². The highest BCUT2D eigenvalue weighted by atomic mass is 15.4. The van der Waals surface area contributed by atoms with E-state index < -0.39 is 0 Å². The average molecular weight is 261 g/mol. The Morgan fingerprint density at radius 3 is 2.68 bits per heavy atom. The maximum Gasteiger partial charge on any atom is 0.183 e. The molecule has 1 fully saturated rings. The van der Waals surface area contributed by atoms with E-state index in [-0.39, 0.29) is 0 Å². The van der Waals surface area contributed by atoms with Crippen molar-refractivity contribution in [2.24, 2.45) is 0 Å². The number of hydrogen-bond donors (Lipinski definition) is 0. The van der Waals surface area contributed by atoms with Crippen molar-refractivity contribution in [1.29, 1.82) is 0 Å². The summed E-state index contributed by atoms with van der Waals surface area (Å²) in [4.78, 5) is 13.3. The molecular formula is C12H19N7. The number of fused-ring (bicyclic) bond motifs is 1. The SMILES string of the molecule is CCCn1nnc2c(N3CCN(C)CC3)ncnc21. The molecule has 0 N–H and O–H groups in total. The van der Waals surface area contributed by atoms with E-state index in [0.29, 0.717) is 0 Å². The monoisotopic (exact) mass is 261 g/mol. The molecule has 0 bridgehead atoms. The van der Waals surface area contributed by atoms with E-state index >= 15 is 0 Å². The van der Waals surface area contributed by atoms with Gasteiger partial charge in [0.2, 0.25) is 0 Å². The number of rotatable bonds is 3. The minimum atomic E-state index is 0.820. The lowest BCUT2D eigenvalue weighted by Crippen LogP contribution is -2.44.